The molecule has 1 aromatic carbocycles. The van der Waals surface area contributed by atoms with Gasteiger partial charge in [-0.2, -0.15) is 0 Å². The van der Waals surface area contributed by atoms with Crippen molar-refractivity contribution in [3.63, 3.8) is 0 Å². The maximum atomic E-state index is 3.83. The summed E-state index contributed by atoms with van der Waals surface area (Å²) in [5.74, 6) is 2.52. The molecule has 0 bridgehead atoms. The van der Waals surface area contributed by atoms with E-state index in [-0.39, 0.29) is 0 Å². The lowest BCUT2D eigenvalue weighted by atomic mass is 9.74. The van der Waals surface area contributed by atoms with Gasteiger partial charge in [0.25, 0.3) is 0 Å². The van der Waals surface area contributed by atoms with Crippen LogP contribution in [-0.4, -0.2) is 6.04 Å². The van der Waals surface area contributed by atoms with E-state index in [0.717, 1.165) is 24.3 Å². The molecule has 1 fully saturated rings. The lowest BCUT2D eigenvalue weighted by Crippen LogP contribution is -2.42. The average molecular weight is 259 g/mol. The first kappa shape index (κ1) is 14.6. The van der Waals surface area contributed by atoms with E-state index < -0.39 is 0 Å². The molecule has 1 heteroatoms. The molecule has 1 aliphatic rings. The minimum absolute atomic E-state index is 0.698. The van der Waals surface area contributed by atoms with E-state index in [1.807, 2.05) is 0 Å². The zero-order valence-corrected chi connectivity index (χ0v) is 12.9. The molecule has 0 saturated heterocycles. The van der Waals surface area contributed by atoms with Gasteiger partial charge in [-0.05, 0) is 43.1 Å². The summed E-state index contributed by atoms with van der Waals surface area (Å²) in [5.41, 5.74) is 2.78. The highest BCUT2D eigenvalue weighted by Gasteiger charge is 2.30. The highest BCUT2D eigenvalue weighted by atomic mass is 14.9. The van der Waals surface area contributed by atoms with Crippen LogP contribution in [-0.2, 0) is 6.54 Å². The van der Waals surface area contributed by atoms with Crippen molar-refractivity contribution in [2.45, 2.75) is 59.5 Å². The highest BCUT2D eigenvalue weighted by molar-refractivity contribution is 5.22. The molecule has 1 aliphatic carbocycles. The molecule has 3 atom stereocenters. The fraction of sp³-hybridized carbons (Fsp3) is 0.667. The molecule has 0 heterocycles. The molecule has 1 N–H and O–H groups in total. The molecule has 0 spiro atoms. The molecule has 0 aromatic heterocycles. The molecular weight excluding hydrogens is 230 g/mol. The van der Waals surface area contributed by atoms with Gasteiger partial charge in [0.15, 0.2) is 0 Å². The molecule has 1 aromatic rings. The smallest absolute Gasteiger partial charge is 0.0208 e. The summed E-state index contributed by atoms with van der Waals surface area (Å²) < 4.78 is 0. The molecule has 0 aliphatic heterocycles. The van der Waals surface area contributed by atoms with Crippen LogP contribution in [0.15, 0.2) is 24.3 Å². The topological polar surface area (TPSA) is 12.0 Å². The van der Waals surface area contributed by atoms with Gasteiger partial charge in [-0.3, -0.25) is 0 Å². The van der Waals surface area contributed by atoms with Crippen molar-refractivity contribution in [2.24, 2.45) is 17.8 Å². The van der Waals surface area contributed by atoms with Crippen molar-refractivity contribution >= 4 is 0 Å². The van der Waals surface area contributed by atoms with E-state index in [2.05, 4.69) is 57.3 Å². The second-order valence-corrected chi connectivity index (χ2v) is 6.80. The number of hydrogen-bond donors (Lipinski definition) is 1. The largest absolute Gasteiger partial charge is 0.310 e. The van der Waals surface area contributed by atoms with Crippen LogP contribution in [0.3, 0.4) is 0 Å². The number of benzene rings is 1. The maximum absolute atomic E-state index is 3.83. The molecular formula is C18H29N. The zero-order chi connectivity index (χ0) is 13.8. The summed E-state index contributed by atoms with van der Waals surface area (Å²) in [6, 6.07) is 9.56. The first-order chi connectivity index (χ1) is 9.06. The van der Waals surface area contributed by atoms with Crippen LogP contribution in [0, 0.1) is 24.7 Å². The Morgan fingerprint density at radius 3 is 2.74 bits per heavy atom. The van der Waals surface area contributed by atoms with E-state index in [4.69, 9.17) is 0 Å². The summed E-state index contributed by atoms with van der Waals surface area (Å²) >= 11 is 0. The zero-order valence-electron chi connectivity index (χ0n) is 12.9. The maximum Gasteiger partial charge on any atom is 0.0208 e. The van der Waals surface area contributed by atoms with Crippen LogP contribution in [0.2, 0.25) is 0 Å². The molecule has 19 heavy (non-hydrogen) atoms. The second kappa shape index (κ2) is 6.56. The third-order valence-corrected chi connectivity index (χ3v) is 4.67. The Balaban J connectivity index is 1.95. The van der Waals surface area contributed by atoms with Crippen molar-refractivity contribution in [3.8, 4) is 0 Å². The quantitative estimate of drug-likeness (QED) is 0.836. The molecule has 1 nitrogen and oxygen atoms in total. The Morgan fingerprint density at radius 2 is 2.05 bits per heavy atom. The first-order valence-electron chi connectivity index (χ1n) is 7.85. The monoisotopic (exact) mass is 259 g/mol. The van der Waals surface area contributed by atoms with Crippen molar-refractivity contribution in [3.05, 3.63) is 35.4 Å². The van der Waals surface area contributed by atoms with Crippen LogP contribution < -0.4 is 5.32 Å². The molecule has 2 rings (SSSR count). The van der Waals surface area contributed by atoms with E-state index in [1.54, 1.807) is 0 Å². The Bertz CT molecular complexity index is 396. The van der Waals surface area contributed by atoms with E-state index in [1.165, 1.54) is 30.4 Å². The van der Waals surface area contributed by atoms with Gasteiger partial charge in [-0.1, -0.05) is 57.0 Å². The van der Waals surface area contributed by atoms with Crippen LogP contribution in [0.4, 0.5) is 0 Å². The van der Waals surface area contributed by atoms with Gasteiger partial charge >= 0.3 is 0 Å². The molecule has 0 amide bonds. The SMILES string of the molecule is Cc1cccc(CNC2CC(C)CCC2C(C)C)c1. The lowest BCUT2D eigenvalue weighted by molar-refractivity contribution is 0.169. The Labute approximate surface area is 118 Å². The summed E-state index contributed by atoms with van der Waals surface area (Å²) in [6.07, 6.45) is 4.14. The van der Waals surface area contributed by atoms with Gasteiger partial charge in [0.05, 0.1) is 0 Å². The van der Waals surface area contributed by atoms with Crippen LogP contribution in [0.5, 0.6) is 0 Å². The second-order valence-electron chi connectivity index (χ2n) is 6.80. The van der Waals surface area contributed by atoms with Gasteiger partial charge in [-0.25, -0.2) is 0 Å². The van der Waals surface area contributed by atoms with Gasteiger partial charge in [-0.15, -0.1) is 0 Å². The van der Waals surface area contributed by atoms with Crippen molar-refractivity contribution in [2.75, 3.05) is 0 Å². The lowest BCUT2D eigenvalue weighted by Gasteiger charge is -2.38. The number of hydrogen-bond acceptors (Lipinski definition) is 1. The van der Waals surface area contributed by atoms with Crippen molar-refractivity contribution in [1.29, 1.82) is 0 Å². The molecule has 3 unspecified atom stereocenters. The fourth-order valence-corrected chi connectivity index (χ4v) is 3.51. The molecule has 1 saturated carbocycles. The van der Waals surface area contributed by atoms with Crippen LogP contribution in [0.25, 0.3) is 0 Å². The van der Waals surface area contributed by atoms with Crippen LogP contribution in [0.1, 0.15) is 51.2 Å². The van der Waals surface area contributed by atoms with E-state index in [0.29, 0.717) is 6.04 Å². The molecule has 0 radical (unpaired) electrons. The minimum Gasteiger partial charge on any atom is -0.310 e. The number of nitrogens with one attached hydrogen (secondary N) is 1. The summed E-state index contributed by atoms with van der Waals surface area (Å²) in [4.78, 5) is 0. The third-order valence-electron chi connectivity index (χ3n) is 4.67. The first-order valence-corrected chi connectivity index (χ1v) is 7.85. The van der Waals surface area contributed by atoms with Gasteiger partial charge < -0.3 is 5.32 Å². The normalized spacial score (nSPS) is 27.7. The van der Waals surface area contributed by atoms with Crippen molar-refractivity contribution in [1.82, 2.24) is 5.32 Å². The van der Waals surface area contributed by atoms with E-state index >= 15 is 0 Å². The number of rotatable bonds is 4. The molecule has 106 valence electrons. The predicted octanol–water partition coefficient (Wildman–Crippen LogP) is 4.55. The van der Waals surface area contributed by atoms with Crippen molar-refractivity contribution < 1.29 is 0 Å². The van der Waals surface area contributed by atoms with Gasteiger partial charge in [0, 0.05) is 12.6 Å². The van der Waals surface area contributed by atoms with E-state index in [9.17, 15) is 0 Å². The Morgan fingerprint density at radius 1 is 1.26 bits per heavy atom. The Kier molecular flexibility index (Phi) is 5.04. The summed E-state index contributed by atoms with van der Waals surface area (Å²) in [7, 11) is 0. The standard InChI is InChI=1S/C18H29N/c1-13(2)17-9-8-15(4)11-18(17)19-12-16-7-5-6-14(3)10-16/h5-7,10,13,15,17-19H,8-9,11-12H2,1-4H3. The van der Waals surface area contributed by atoms with Gasteiger partial charge in [0.1, 0.15) is 0 Å². The van der Waals surface area contributed by atoms with Crippen LogP contribution >= 0.6 is 0 Å². The Hall–Kier alpha value is -0.820. The minimum atomic E-state index is 0.698. The van der Waals surface area contributed by atoms with Gasteiger partial charge in [0.2, 0.25) is 0 Å². The summed E-state index contributed by atoms with van der Waals surface area (Å²) in [5, 5.41) is 3.83. The number of aryl methyl sites for hydroxylation is 1. The third kappa shape index (κ3) is 4.07. The summed E-state index contributed by atoms with van der Waals surface area (Å²) in [6.45, 7) is 10.3. The highest BCUT2D eigenvalue weighted by Crippen LogP contribution is 2.33. The average Bonchev–Trinajstić information content (AvgIpc) is 2.36. The fourth-order valence-electron chi connectivity index (χ4n) is 3.51. The predicted molar refractivity (Wildman–Crippen MR) is 83.1 cm³/mol.